The molecular formula is C6H5F3N2O. The van der Waals surface area contributed by atoms with E-state index >= 15 is 0 Å². The van der Waals surface area contributed by atoms with E-state index in [2.05, 4.69) is 4.74 Å². The van der Waals surface area contributed by atoms with E-state index in [0.29, 0.717) is 0 Å². The van der Waals surface area contributed by atoms with E-state index in [1.54, 1.807) is 0 Å². The average Bonchev–Trinajstić information content (AvgIpc) is 2.03. The molecule has 0 heterocycles. The molecule has 0 amide bonds. The molecule has 0 aliphatic heterocycles. The van der Waals surface area contributed by atoms with Gasteiger partial charge in [0.05, 0.1) is 6.61 Å². The summed E-state index contributed by atoms with van der Waals surface area (Å²) in [6.45, 7) is -0.435. The lowest BCUT2D eigenvalue weighted by molar-refractivity contribution is 0.285. The molecule has 0 rings (SSSR count). The summed E-state index contributed by atoms with van der Waals surface area (Å²) >= 11 is 0. The van der Waals surface area contributed by atoms with E-state index in [4.69, 9.17) is 10.7 Å². The molecule has 0 aromatic rings. The number of rotatable bonds is 3. The van der Waals surface area contributed by atoms with Gasteiger partial charge in [0, 0.05) is 6.42 Å². The minimum absolute atomic E-state index is 0.435. The van der Waals surface area contributed by atoms with Gasteiger partial charge in [-0.1, -0.05) is 0 Å². The number of nitrogens with one attached hydrogen (secondary N) is 1. The molecule has 0 unspecified atom stereocenters. The zero-order chi connectivity index (χ0) is 9.56. The van der Waals surface area contributed by atoms with Gasteiger partial charge in [0.2, 0.25) is 0 Å². The molecule has 0 aromatic carbocycles. The van der Waals surface area contributed by atoms with Crippen LogP contribution in [0.4, 0.5) is 13.2 Å². The molecule has 0 fully saturated rings. The smallest absolute Gasteiger partial charge is 0.301 e. The van der Waals surface area contributed by atoms with Gasteiger partial charge in [0.1, 0.15) is 0 Å². The lowest BCUT2D eigenvalue weighted by atomic mass is 10.4. The second kappa shape index (κ2) is 5.18. The highest BCUT2D eigenvalue weighted by atomic mass is 19.3. The van der Waals surface area contributed by atoms with Crippen LogP contribution in [0.3, 0.4) is 0 Å². The quantitative estimate of drug-likeness (QED) is 0.530. The first-order chi connectivity index (χ1) is 5.57. The first kappa shape index (κ1) is 10.5. The fraction of sp³-hybridized carbons (Fsp3) is 0.333. The van der Waals surface area contributed by atoms with E-state index in [9.17, 15) is 13.2 Å². The van der Waals surface area contributed by atoms with Crippen molar-refractivity contribution in [3.05, 3.63) is 11.9 Å². The van der Waals surface area contributed by atoms with Gasteiger partial charge in [0.25, 0.3) is 5.90 Å². The minimum Gasteiger partial charge on any atom is -0.470 e. The van der Waals surface area contributed by atoms with E-state index < -0.39 is 30.8 Å². The summed E-state index contributed by atoms with van der Waals surface area (Å²) < 4.78 is 38.9. The summed E-state index contributed by atoms with van der Waals surface area (Å²) in [6, 6.07) is 1.30. The third-order valence-corrected chi connectivity index (χ3v) is 0.875. The molecule has 0 aromatic heterocycles. The maximum absolute atomic E-state index is 12.0. The standard InChI is InChI=1S/C6H5F3N2O/c7-4(6(8)9)1-2-12-5(11)3-10/h11H,1-2H2. The predicted molar refractivity (Wildman–Crippen MR) is 34.3 cm³/mol. The molecule has 0 saturated heterocycles. The monoisotopic (exact) mass is 178 g/mol. The van der Waals surface area contributed by atoms with Crippen LogP contribution in [-0.4, -0.2) is 12.5 Å². The summed E-state index contributed by atoms with van der Waals surface area (Å²) in [7, 11) is 0. The molecule has 3 nitrogen and oxygen atoms in total. The molecule has 0 radical (unpaired) electrons. The molecule has 0 atom stereocenters. The van der Waals surface area contributed by atoms with Crippen molar-refractivity contribution in [2.45, 2.75) is 6.42 Å². The Morgan fingerprint density at radius 3 is 2.42 bits per heavy atom. The average molecular weight is 178 g/mol. The second-order valence-corrected chi connectivity index (χ2v) is 1.70. The summed E-state index contributed by atoms with van der Waals surface area (Å²) in [6.07, 6.45) is -3.03. The van der Waals surface area contributed by atoms with Crippen molar-refractivity contribution in [3.8, 4) is 6.07 Å². The molecule has 0 aliphatic rings. The molecule has 12 heavy (non-hydrogen) atoms. The third-order valence-electron chi connectivity index (χ3n) is 0.875. The Bertz CT molecular complexity index is 240. The van der Waals surface area contributed by atoms with Crippen LogP contribution < -0.4 is 0 Å². The largest absolute Gasteiger partial charge is 0.470 e. The first-order valence-corrected chi connectivity index (χ1v) is 2.89. The molecule has 0 aliphatic carbocycles. The van der Waals surface area contributed by atoms with Crippen LogP contribution in [0.15, 0.2) is 11.9 Å². The van der Waals surface area contributed by atoms with Gasteiger partial charge < -0.3 is 4.74 Å². The molecule has 6 heteroatoms. The maximum atomic E-state index is 12.0. The molecule has 0 bridgehead atoms. The number of halogens is 3. The number of ether oxygens (including phenoxy) is 1. The Labute approximate surface area is 66.6 Å². The van der Waals surface area contributed by atoms with Crippen molar-refractivity contribution < 1.29 is 17.9 Å². The van der Waals surface area contributed by atoms with E-state index in [1.165, 1.54) is 6.07 Å². The zero-order valence-electron chi connectivity index (χ0n) is 5.90. The van der Waals surface area contributed by atoms with Crippen LogP contribution in [0.25, 0.3) is 0 Å². The highest BCUT2D eigenvalue weighted by Gasteiger charge is 2.05. The van der Waals surface area contributed by atoms with Crippen LogP contribution in [0, 0.1) is 16.7 Å². The summed E-state index contributed by atoms with van der Waals surface area (Å²) in [5.41, 5.74) is 0. The van der Waals surface area contributed by atoms with E-state index in [0.717, 1.165) is 0 Å². The van der Waals surface area contributed by atoms with Crippen molar-refractivity contribution in [3.63, 3.8) is 0 Å². The minimum atomic E-state index is -2.40. The maximum Gasteiger partial charge on any atom is 0.301 e. The van der Waals surface area contributed by atoms with Crippen molar-refractivity contribution in [1.29, 1.82) is 10.7 Å². The summed E-state index contributed by atoms with van der Waals surface area (Å²) in [5, 5.41) is 14.5. The van der Waals surface area contributed by atoms with Crippen LogP contribution in [0.5, 0.6) is 0 Å². The van der Waals surface area contributed by atoms with Gasteiger partial charge in [-0.3, -0.25) is 5.41 Å². The topological polar surface area (TPSA) is 56.9 Å². The fourth-order valence-electron chi connectivity index (χ4n) is 0.369. The van der Waals surface area contributed by atoms with Crippen LogP contribution in [0.2, 0.25) is 0 Å². The Morgan fingerprint density at radius 1 is 1.42 bits per heavy atom. The van der Waals surface area contributed by atoms with E-state index in [1.807, 2.05) is 0 Å². The highest BCUT2D eigenvalue weighted by molar-refractivity contribution is 5.88. The zero-order valence-corrected chi connectivity index (χ0v) is 5.90. The van der Waals surface area contributed by atoms with Crippen molar-refractivity contribution in [1.82, 2.24) is 0 Å². The van der Waals surface area contributed by atoms with Gasteiger partial charge >= 0.3 is 6.08 Å². The highest BCUT2D eigenvalue weighted by Crippen LogP contribution is 2.12. The molecule has 1 N–H and O–H groups in total. The number of nitrogens with zero attached hydrogens (tertiary/aromatic N) is 1. The van der Waals surface area contributed by atoms with Crippen LogP contribution >= 0.6 is 0 Å². The Balaban J connectivity index is 3.67. The van der Waals surface area contributed by atoms with Crippen LogP contribution in [-0.2, 0) is 4.74 Å². The van der Waals surface area contributed by atoms with E-state index in [-0.39, 0.29) is 0 Å². The van der Waals surface area contributed by atoms with Crippen molar-refractivity contribution in [2.75, 3.05) is 6.61 Å². The summed E-state index contributed by atoms with van der Waals surface area (Å²) in [5.74, 6) is -2.30. The van der Waals surface area contributed by atoms with Gasteiger partial charge in [-0.05, 0) is 0 Å². The number of hydrogen-bond donors (Lipinski definition) is 1. The molecule has 0 spiro atoms. The van der Waals surface area contributed by atoms with Crippen LogP contribution in [0.1, 0.15) is 6.42 Å². The lowest BCUT2D eigenvalue weighted by Crippen LogP contribution is -2.01. The van der Waals surface area contributed by atoms with Gasteiger partial charge in [-0.25, -0.2) is 4.39 Å². The second-order valence-electron chi connectivity index (χ2n) is 1.70. The predicted octanol–water partition coefficient (Wildman–Crippen LogP) is 1.97. The number of hydrogen-bond acceptors (Lipinski definition) is 3. The van der Waals surface area contributed by atoms with Crippen molar-refractivity contribution in [2.24, 2.45) is 0 Å². The van der Waals surface area contributed by atoms with Gasteiger partial charge in [-0.15, -0.1) is 0 Å². The normalized spacial score (nSPS) is 8.50. The first-order valence-electron chi connectivity index (χ1n) is 2.89. The van der Waals surface area contributed by atoms with Gasteiger partial charge in [-0.2, -0.15) is 14.0 Å². The van der Waals surface area contributed by atoms with Crippen molar-refractivity contribution >= 4 is 5.90 Å². The lowest BCUT2D eigenvalue weighted by Gasteiger charge is -1.98. The Morgan fingerprint density at radius 2 is 2.00 bits per heavy atom. The SMILES string of the molecule is N#CC(=N)OCCC(F)=C(F)F. The molecule has 0 saturated carbocycles. The molecular weight excluding hydrogens is 173 g/mol. The Hall–Kier alpha value is -1.51. The third kappa shape index (κ3) is 4.33. The summed E-state index contributed by atoms with van der Waals surface area (Å²) in [4.78, 5) is 0. The Kier molecular flexibility index (Phi) is 4.53. The van der Waals surface area contributed by atoms with Gasteiger partial charge in [0.15, 0.2) is 11.9 Å². The number of nitriles is 1. The molecule has 66 valence electrons. The fourth-order valence-corrected chi connectivity index (χ4v) is 0.369.